The molecule has 1 heterocycles. The molecule has 0 fully saturated rings. The third kappa shape index (κ3) is 1.92. The van der Waals surface area contributed by atoms with Gasteiger partial charge >= 0.3 is 0 Å². The molecule has 0 saturated carbocycles. The van der Waals surface area contributed by atoms with E-state index in [9.17, 15) is 5.11 Å². The van der Waals surface area contributed by atoms with Gasteiger partial charge in [0.25, 0.3) is 0 Å². The second-order valence-electron chi connectivity index (χ2n) is 3.77. The lowest BCUT2D eigenvalue weighted by atomic mass is 10.0. The zero-order valence-electron chi connectivity index (χ0n) is 9.22. The van der Waals surface area contributed by atoms with Crippen LogP contribution in [0.5, 0.6) is 0 Å². The van der Waals surface area contributed by atoms with Crippen molar-refractivity contribution < 1.29 is 10.2 Å². The minimum absolute atomic E-state index is 0.281. The number of aliphatic hydroxyl groups is 2. The number of hydrogen-bond acceptors (Lipinski definition) is 3. The predicted octanol–water partition coefficient (Wildman–Crippen LogP) is 1.82. The first-order chi connectivity index (χ1) is 7.76. The smallest absolute Gasteiger partial charge is 0.104 e. The van der Waals surface area contributed by atoms with Crippen molar-refractivity contribution in [3.05, 3.63) is 41.6 Å². The number of fused-ring (bicyclic) bond motifs is 1. The summed E-state index contributed by atoms with van der Waals surface area (Å²) in [7, 11) is 0. The van der Waals surface area contributed by atoms with Crippen LogP contribution in [0.3, 0.4) is 0 Å². The summed E-state index contributed by atoms with van der Waals surface area (Å²) >= 11 is 0. The lowest BCUT2D eigenvalue weighted by Gasteiger charge is -2.11. The fourth-order valence-electron chi connectivity index (χ4n) is 1.77. The number of rotatable bonds is 3. The van der Waals surface area contributed by atoms with Crippen molar-refractivity contribution in [1.82, 2.24) is 4.98 Å². The quantitative estimate of drug-likeness (QED) is 0.824. The molecule has 3 heteroatoms. The molecule has 0 spiro atoms. The molecule has 0 saturated heterocycles. The van der Waals surface area contributed by atoms with Crippen LogP contribution >= 0.6 is 0 Å². The molecule has 0 unspecified atom stereocenters. The van der Waals surface area contributed by atoms with Gasteiger partial charge in [-0.15, -0.1) is 0 Å². The number of hydrogen-bond donors (Lipinski definition) is 2. The molecule has 1 aromatic heterocycles. The molecule has 1 atom stereocenters. The average molecular weight is 217 g/mol. The second kappa shape index (κ2) is 4.60. The third-order valence-corrected chi connectivity index (χ3v) is 2.70. The lowest BCUT2D eigenvalue weighted by Crippen LogP contribution is -2.04. The average Bonchev–Trinajstić information content (AvgIpc) is 2.36. The maximum Gasteiger partial charge on any atom is 0.104 e. The largest absolute Gasteiger partial charge is 0.393 e. The van der Waals surface area contributed by atoms with Crippen LogP contribution in [0.2, 0.25) is 0 Å². The fraction of sp³-hybridized carbons (Fsp3) is 0.308. The highest BCUT2D eigenvalue weighted by molar-refractivity contribution is 5.82. The molecule has 16 heavy (non-hydrogen) atoms. The van der Waals surface area contributed by atoms with E-state index < -0.39 is 6.10 Å². The Morgan fingerprint density at radius 3 is 2.75 bits per heavy atom. The summed E-state index contributed by atoms with van der Waals surface area (Å²) in [5, 5.41) is 19.7. The summed E-state index contributed by atoms with van der Waals surface area (Å²) in [5.74, 6) is 0. The number of para-hydroxylation sites is 1. The monoisotopic (exact) mass is 217 g/mol. The molecule has 2 rings (SSSR count). The number of pyridine rings is 1. The van der Waals surface area contributed by atoms with Crippen molar-refractivity contribution >= 4 is 10.9 Å². The third-order valence-electron chi connectivity index (χ3n) is 2.70. The highest BCUT2D eigenvalue weighted by Gasteiger charge is 2.11. The Morgan fingerprint density at radius 2 is 2.06 bits per heavy atom. The van der Waals surface area contributed by atoms with Gasteiger partial charge in [-0.05, 0) is 12.5 Å². The summed E-state index contributed by atoms with van der Waals surface area (Å²) in [6.07, 6.45) is 0.00256. The molecular formula is C13H15NO2. The standard InChI is InChI=1S/C13H15NO2/c1-2-10-7-6-9-4-3-5-11(12(16)8-15)13(9)14-10/h3-7,12,15-16H,2,8H2,1H3/t12-/m1/s1. The first kappa shape index (κ1) is 11.0. The molecule has 84 valence electrons. The van der Waals surface area contributed by atoms with E-state index in [0.717, 1.165) is 23.0 Å². The first-order valence-electron chi connectivity index (χ1n) is 5.43. The van der Waals surface area contributed by atoms with Crippen molar-refractivity contribution in [2.75, 3.05) is 6.61 Å². The summed E-state index contributed by atoms with van der Waals surface area (Å²) in [6, 6.07) is 9.60. The Kier molecular flexibility index (Phi) is 3.17. The van der Waals surface area contributed by atoms with E-state index in [2.05, 4.69) is 4.98 Å². The summed E-state index contributed by atoms with van der Waals surface area (Å²) in [6.45, 7) is 1.76. The number of benzene rings is 1. The van der Waals surface area contributed by atoms with Gasteiger partial charge in [0.2, 0.25) is 0 Å². The molecule has 2 N–H and O–H groups in total. The van der Waals surface area contributed by atoms with Crippen LogP contribution in [0.1, 0.15) is 24.3 Å². The minimum Gasteiger partial charge on any atom is -0.393 e. The van der Waals surface area contributed by atoms with Crippen molar-refractivity contribution in [1.29, 1.82) is 0 Å². The Hall–Kier alpha value is -1.45. The molecule has 2 aromatic rings. The maximum absolute atomic E-state index is 9.70. The van der Waals surface area contributed by atoms with E-state index in [4.69, 9.17) is 5.11 Å². The van der Waals surface area contributed by atoms with E-state index in [1.165, 1.54) is 0 Å². The second-order valence-corrected chi connectivity index (χ2v) is 3.77. The minimum atomic E-state index is -0.858. The van der Waals surface area contributed by atoms with E-state index in [-0.39, 0.29) is 6.61 Å². The SMILES string of the molecule is CCc1ccc2cccc([C@H](O)CO)c2n1. The molecule has 3 nitrogen and oxygen atoms in total. The van der Waals surface area contributed by atoms with Crippen molar-refractivity contribution in [3.63, 3.8) is 0 Å². The fourth-order valence-corrected chi connectivity index (χ4v) is 1.77. The Labute approximate surface area is 94.4 Å². The van der Waals surface area contributed by atoms with E-state index in [0.29, 0.717) is 5.56 Å². The van der Waals surface area contributed by atoms with Crippen LogP contribution in [-0.2, 0) is 6.42 Å². The highest BCUT2D eigenvalue weighted by Crippen LogP contribution is 2.22. The number of aromatic nitrogens is 1. The van der Waals surface area contributed by atoms with Gasteiger partial charge in [0.1, 0.15) is 6.10 Å². The van der Waals surface area contributed by atoms with Gasteiger partial charge in [0, 0.05) is 16.6 Å². The van der Waals surface area contributed by atoms with Gasteiger partial charge in [-0.2, -0.15) is 0 Å². The molecule has 1 aromatic carbocycles. The highest BCUT2D eigenvalue weighted by atomic mass is 16.3. The predicted molar refractivity (Wildman–Crippen MR) is 63.2 cm³/mol. The Bertz CT molecular complexity index is 496. The summed E-state index contributed by atoms with van der Waals surface area (Å²) in [5.41, 5.74) is 2.46. The molecular weight excluding hydrogens is 202 g/mol. The summed E-state index contributed by atoms with van der Waals surface area (Å²) in [4.78, 5) is 4.49. The molecule has 0 aliphatic heterocycles. The van der Waals surface area contributed by atoms with Gasteiger partial charge in [0.15, 0.2) is 0 Å². The number of aliphatic hydroxyl groups excluding tert-OH is 2. The topological polar surface area (TPSA) is 53.4 Å². The van der Waals surface area contributed by atoms with Crippen LogP contribution in [0, 0.1) is 0 Å². The van der Waals surface area contributed by atoms with Gasteiger partial charge in [-0.25, -0.2) is 0 Å². The first-order valence-corrected chi connectivity index (χ1v) is 5.43. The molecule has 0 bridgehead atoms. The molecule has 0 aliphatic rings. The van der Waals surface area contributed by atoms with Crippen LogP contribution in [-0.4, -0.2) is 21.8 Å². The van der Waals surface area contributed by atoms with Crippen LogP contribution in [0.25, 0.3) is 10.9 Å². The molecule has 0 radical (unpaired) electrons. The van der Waals surface area contributed by atoms with E-state index in [1.54, 1.807) is 6.07 Å². The maximum atomic E-state index is 9.70. The molecule has 0 aliphatic carbocycles. The van der Waals surface area contributed by atoms with Crippen LogP contribution < -0.4 is 0 Å². The van der Waals surface area contributed by atoms with Crippen LogP contribution in [0.4, 0.5) is 0 Å². The van der Waals surface area contributed by atoms with Crippen molar-refractivity contribution in [2.45, 2.75) is 19.4 Å². The number of aryl methyl sites for hydroxylation is 1. The van der Waals surface area contributed by atoms with Crippen LogP contribution in [0.15, 0.2) is 30.3 Å². The van der Waals surface area contributed by atoms with Gasteiger partial charge in [0.05, 0.1) is 12.1 Å². The Balaban J connectivity index is 2.64. The lowest BCUT2D eigenvalue weighted by molar-refractivity contribution is 0.0966. The Morgan fingerprint density at radius 1 is 1.25 bits per heavy atom. The van der Waals surface area contributed by atoms with Gasteiger partial charge in [-0.3, -0.25) is 4.98 Å². The van der Waals surface area contributed by atoms with E-state index in [1.807, 2.05) is 31.2 Å². The molecule has 0 amide bonds. The van der Waals surface area contributed by atoms with Crippen molar-refractivity contribution in [2.24, 2.45) is 0 Å². The van der Waals surface area contributed by atoms with Gasteiger partial charge < -0.3 is 10.2 Å². The number of nitrogens with zero attached hydrogens (tertiary/aromatic N) is 1. The van der Waals surface area contributed by atoms with Crippen molar-refractivity contribution in [3.8, 4) is 0 Å². The van der Waals surface area contributed by atoms with E-state index >= 15 is 0 Å². The normalized spacial score (nSPS) is 12.9. The summed E-state index contributed by atoms with van der Waals surface area (Å²) < 4.78 is 0. The zero-order chi connectivity index (χ0) is 11.5. The van der Waals surface area contributed by atoms with Gasteiger partial charge in [-0.1, -0.05) is 31.2 Å². The zero-order valence-corrected chi connectivity index (χ0v) is 9.22.